The Morgan fingerprint density at radius 3 is 2.92 bits per heavy atom. The van der Waals surface area contributed by atoms with Crippen LogP contribution in [0.1, 0.15) is 29.6 Å². The second-order valence-electron chi connectivity index (χ2n) is 5.36. The maximum absolute atomic E-state index is 12.4. The van der Waals surface area contributed by atoms with Crippen molar-refractivity contribution in [3.63, 3.8) is 0 Å². The first-order chi connectivity index (χ1) is 11.6. The molecule has 0 unspecified atom stereocenters. The van der Waals surface area contributed by atoms with Gasteiger partial charge in [-0.3, -0.25) is 4.79 Å². The number of aryl methyl sites for hydroxylation is 1. The quantitative estimate of drug-likeness (QED) is 0.696. The van der Waals surface area contributed by atoms with Crippen molar-refractivity contribution in [1.82, 2.24) is 9.88 Å². The van der Waals surface area contributed by atoms with E-state index < -0.39 is 12.1 Å². The third-order valence-corrected chi connectivity index (χ3v) is 4.66. The fourth-order valence-electron chi connectivity index (χ4n) is 2.46. The highest BCUT2D eigenvalue weighted by Crippen LogP contribution is 2.24. The topological polar surface area (TPSA) is 73.5 Å². The molecule has 0 aliphatic heterocycles. The van der Waals surface area contributed by atoms with E-state index in [0.717, 1.165) is 10.2 Å². The van der Waals surface area contributed by atoms with Crippen LogP contribution in [0.25, 0.3) is 10.2 Å². The van der Waals surface area contributed by atoms with Crippen LogP contribution in [0.15, 0.2) is 40.3 Å². The summed E-state index contributed by atoms with van der Waals surface area (Å²) in [5.74, 6) is -0.189. The Bertz CT molecular complexity index is 847. The van der Waals surface area contributed by atoms with E-state index >= 15 is 0 Å². The lowest BCUT2D eigenvalue weighted by Crippen LogP contribution is -2.37. The average Bonchev–Trinajstić information content (AvgIpc) is 3.29. The number of ether oxygens (including phenoxy) is 1. The van der Waals surface area contributed by atoms with Crippen molar-refractivity contribution in [2.24, 2.45) is 7.05 Å². The summed E-state index contributed by atoms with van der Waals surface area (Å²) in [6.45, 7) is 2.06. The molecule has 3 heterocycles. The number of nitrogens with zero attached hydrogens (tertiary/aromatic N) is 1. The maximum atomic E-state index is 12.4. The number of rotatable bonds is 6. The number of thiophene rings is 1. The third-order valence-electron chi connectivity index (χ3n) is 3.80. The van der Waals surface area contributed by atoms with Crippen LogP contribution < -0.4 is 5.32 Å². The zero-order valence-corrected chi connectivity index (χ0v) is 14.3. The molecule has 0 bridgehead atoms. The highest BCUT2D eigenvalue weighted by molar-refractivity contribution is 7.17. The number of hydrogen-bond donors (Lipinski definition) is 1. The van der Waals surface area contributed by atoms with Gasteiger partial charge in [0.05, 0.1) is 23.0 Å². The van der Waals surface area contributed by atoms with E-state index in [9.17, 15) is 9.59 Å². The van der Waals surface area contributed by atoms with Crippen LogP contribution >= 0.6 is 11.3 Å². The van der Waals surface area contributed by atoms with E-state index in [4.69, 9.17) is 9.15 Å². The van der Waals surface area contributed by atoms with Gasteiger partial charge in [0.25, 0.3) is 5.91 Å². The van der Waals surface area contributed by atoms with Crippen LogP contribution in [0.2, 0.25) is 0 Å². The van der Waals surface area contributed by atoms with E-state index in [0.29, 0.717) is 17.9 Å². The molecule has 0 saturated carbocycles. The lowest BCUT2D eigenvalue weighted by atomic mass is 10.2. The summed E-state index contributed by atoms with van der Waals surface area (Å²) in [5, 5.41) is 4.68. The summed E-state index contributed by atoms with van der Waals surface area (Å²) in [6, 6.07) is 7.25. The number of carbonyl (C=O) groups excluding carboxylic acids is 2. The molecule has 0 spiro atoms. The number of carbonyl (C=O) groups is 2. The van der Waals surface area contributed by atoms with Crippen molar-refractivity contribution in [2.75, 3.05) is 0 Å². The number of esters is 1. The smallest absolute Gasteiger partial charge is 0.355 e. The van der Waals surface area contributed by atoms with Crippen LogP contribution in [0, 0.1) is 0 Å². The van der Waals surface area contributed by atoms with Crippen molar-refractivity contribution in [3.05, 3.63) is 47.4 Å². The monoisotopic (exact) mass is 346 g/mol. The molecule has 7 heteroatoms. The number of nitrogens with one attached hydrogen (secondary N) is 1. The molecule has 24 heavy (non-hydrogen) atoms. The highest BCUT2D eigenvalue weighted by Gasteiger charge is 2.24. The van der Waals surface area contributed by atoms with Gasteiger partial charge in [-0.05, 0) is 36.1 Å². The Labute approximate surface area is 143 Å². The van der Waals surface area contributed by atoms with Crippen LogP contribution in [-0.2, 0) is 23.1 Å². The van der Waals surface area contributed by atoms with Crippen LogP contribution in [0.5, 0.6) is 0 Å². The molecule has 0 saturated heterocycles. The molecule has 0 radical (unpaired) electrons. The van der Waals surface area contributed by atoms with E-state index in [1.165, 1.54) is 0 Å². The van der Waals surface area contributed by atoms with Gasteiger partial charge in [0.15, 0.2) is 6.10 Å². The molecule has 1 atom stereocenters. The molecule has 6 nitrogen and oxygen atoms in total. The first-order valence-corrected chi connectivity index (χ1v) is 8.52. The van der Waals surface area contributed by atoms with Gasteiger partial charge in [-0.25, -0.2) is 4.79 Å². The summed E-state index contributed by atoms with van der Waals surface area (Å²) in [7, 11) is 1.81. The summed E-state index contributed by atoms with van der Waals surface area (Å²) < 4.78 is 13.4. The number of furan rings is 1. The van der Waals surface area contributed by atoms with Crippen LogP contribution in [0.3, 0.4) is 0 Å². The largest absolute Gasteiger partial charge is 0.467 e. The second kappa shape index (κ2) is 6.92. The molecule has 126 valence electrons. The average molecular weight is 346 g/mol. The minimum absolute atomic E-state index is 0.264. The number of hydrogen-bond acceptors (Lipinski definition) is 5. The van der Waals surface area contributed by atoms with Gasteiger partial charge in [-0.1, -0.05) is 6.92 Å². The van der Waals surface area contributed by atoms with Crippen molar-refractivity contribution in [1.29, 1.82) is 0 Å². The summed E-state index contributed by atoms with van der Waals surface area (Å²) in [5.41, 5.74) is 1.41. The standard InChI is InChI=1S/C17H18N2O4S/c1-3-14(16(20)18-10-11-5-4-7-22-11)23-17(21)13-9-15-12(19(13)2)6-8-24-15/h4-9,14H,3,10H2,1-2H3,(H,18,20)/t14-/m0/s1. The normalized spacial score (nSPS) is 12.2. The molecule has 1 amide bonds. The number of amides is 1. The Morgan fingerprint density at radius 1 is 1.42 bits per heavy atom. The van der Waals surface area contributed by atoms with E-state index in [-0.39, 0.29) is 12.5 Å². The molecule has 1 N–H and O–H groups in total. The number of aromatic nitrogens is 1. The summed E-state index contributed by atoms with van der Waals surface area (Å²) >= 11 is 1.56. The molecular formula is C17H18N2O4S. The van der Waals surface area contributed by atoms with Gasteiger partial charge < -0.3 is 19.0 Å². The van der Waals surface area contributed by atoms with E-state index in [2.05, 4.69) is 5.32 Å². The SMILES string of the molecule is CC[C@H](OC(=O)c1cc2sccc2n1C)C(=O)NCc1ccco1. The highest BCUT2D eigenvalue weighted by atomic mass is 32.1. The molecule has 3 rings (SSSR count). The van der Waals surface area contributed by atoms with E-state index in [1.807, 2.05) is 18.5 Å². The predicted molar refractivity (Wildman–Crippen MR) is 90.8 cm³/mol. The molecule has 0 aliphatic rings. The third kappa shape index (κ3) is 3.21. The van der Waals surface area contributed by atoms with Crippen molar-refractivity contribution < 1.29 is 18.7 Å². The Hall–Kier alpha value is -2.54. The zero-order chi connectivity index (χ0) is 17.1. The Kier molecular flexibility index (Phi) is 4.71. The lowest BCUT2D eigenvalue weighted by molar-refractivity contribution is -0.130. The summed E-state index contributed by atoms with van der Waals surface area (Å²) in [4.78, 5) is 24.6. The first kappa shape index (κ1) is 16.3. The fraction of sp³-hybridized carbons (Fsp3) is 0.294. The van der Waals surface area contributed by atoms with E-state index in [1.54, 1.807) is 47.3 Å². The van der Waals surface area contributed by atoms with Crippen molar-refractivity contribution in [2.45, 2.75) is 26.0 Å². The van der Waals surface area contributed by atoms with Gasteiger partial charge in [0, 0.05) is 7.05 Å². The predicted octanol–water partition coefficient (Wildman–Crippen LogP) is 3.08. The number of fused-ring (bicyclic) bond motifs is 1. The molecule has 3 aromatic rings. The minimum atomic E-state index is -0.833. The van der Waals surface area contributed by atoms with Crippen LogP contribution in [-0.4, -0.2) is 22.5 Å². The van der Waals surface area contributed by atoms with Crippen molar-refractivity contribution in [3.8, 4) is 0 Å². The molecule has 0 aliphatic carbocycles. The molecule has 3 aromatic heterocycles. The van der Waals surface area contributed by atoms with Gasteiger partial charge in [0.1, 0.15) is 11.5 Å². The van der Waals surface area contributed by atoms with Gasteiger partial charge in [0.2, 0.25) is 0 Å². The first-order valence-electron chi connectivity index (χ1n) is 7.64. The molecular weight excluding hydrogens is 328 g/mol. The van der Waals surface area contributed by atoms with Crippen LogP contribution in [0.4, 0.5) is 0 Å². The molecule has 0 aromatic carbocycles. The second-order valence-corrected chi connectivity index (χ2v) is 6.31. The lowest BCUT2D eigenvalue weighted by Gasteiger charge is -2.16. The Morgan fingerprint density at radius 2 is 2.25 bits per heavy atom. The Balaban J connectivity index is 1.65. The van der Waals surface area contributed by atoms with Crippen molar-refractivity contribution >= 4 is 33.4 Å². The van der Waals surface area contributed by atoms with Gasteiger partial charge in [-0.2, -0.15) is 0 Å². The zero-order valence-electron chi connectivity index (χ0n) is 13.4. The van der Waals surface area contributed by atoms with Gasteiger partial charge >= 0.3 is 5.97 Å². The fourth-order valence-corrected chi connectivity index (χ4v) is 3.31. The minimum Gasteiger partial charge on any atom is -0.467 e. The molecule has 0 fully saturated rings. The van der Waals surface area contributed by atoms with Gasteiger partial charge in [-0.15, -0.1) is 11.3 Å². The summed E-state index contributed by atoms with van der Waals surface area (Å²) in [6.07, 6.45) is 1.11. The maximum Gasteiger partial charge on any atom is 0.355 e.